The number of furan rings is 1. The molecule has 43 heavy (non-hydrogen) atoms. The Morgan fingerprint density at radius 1 is 1.16 bits per heavy atom. The standard InChI is InChI=1S/C29H27BrN4O7S2/c1-7-40-26(36)22-15(3)33-29-34(23(22)16-10-19(37-4)24(39-6)20(11-16)38-5)25(35)21(42-29)13-17-12-18(30)27(41-17)43-28-31-9-8-14(2)32-28/h8-13,23H,7H2,1-6H3/b21-13+/t23-/m0/s1. The van der Waals surface area contributed by atoms with Crippen LogP contribution >= 0.6 is 39.0 Å². The number of carbonyl (C=O) groups excluding carboxylic acids is 1. The Morgan fingerprint density at radius 3 is 2.51 bits per heavy atom. The summed E-state index contributed by atoms with van der Waals surface area (Å²) >= 11 is 5.97. The molecule has 0 fully saturated rings. The molecule has 4 heterocycles. The number of rotatable bonds is 9. The smallest absolute Gasteiger partial charge is 0.338 e. The highest BCUT2D eigenvalue weighted by Crippen LogP contribution is 2.42. The predicted molar refractivity (Wildman–Crippen MR) is 164 cm³/mol. The van der Waals surface area contributed by atoms with Gasteiger partial charge >= 0.3 is 5.97 Å². The molecule has 14 heteroatoms. The molecule has 5 rings (SSSR count). The third-order valence-electron chi connectivity index (χ3n) is 6.42. The fourth-order valence-electron chi connectivity index (χ4n) is 4.56. The highest BCUT2D eigenvalue weighted by atomic mass is 79.9. The van der Waals surface area contributed by atoms with E-state index >= 15 is 0 Å². The van der Waals surface area contributed by atoms with Gasteiger partial charge in [-0.3, -0.25) is 9.36 Å². The van der Waals surface area contributed by atoms with E-state index in [4.69, 9.17) is 23.4 Å². The molecular weight excluding hydrogens is 660 g/mol. The van der Waals surface area contributed by atoms with Crippen LogP contribution in [-0.4, -0.2) is 48.4 Å². The van der Waals surface area contributed by atoms with E-state index in [0.29, 0.717) is 58.3 Å². The highest BCUT2D eigenvalue weighted by molar-refractivity contribution is 9.10. The molecule has 1 aromatic carbocycles. The number of thiazole rings is 1. The third-order valence-corrected chi connectivity index (χ3v) is 9.13. The summed E-state index contributed by atoms with van der Waals surface area (Å²) in [5.74, 6) is 0.997. The van der Waals surface area contributed by atoms with Crippen molar-refractivity contribution in [3.63, 3.8) is 0 Å². The van der Waals surface area contributed by atoms with E-state index in [2.05, 4.69) is 30.9 Å². The fraction of sp³-hybridized carbons (Fsp3) is 0.276. The number of fused-ring (bicyclic) bond motifs is 1. The van der Waals surface area contributed by atoms with Gasteiger partial charge in [0.1, 0.15) is 5.76 Å². The SMILES string of the molecule is CCOC(=O)C1=C(C)N=c2s/c(=C/c3cc(Br)c(Sc4nccc(C)n4)o3)c(=O)n2[C@H]1c1cc(OC)c(OC)c(OC)c1. The zero-order chi connectivity index (χ0) is 30.8. The van der Waals surface area contributed by atoms with E-state index in [0.717, 1.165) is 5.69 Å². The number of aromatic nitrogens is 3. The summed E-state index contributed by atoms with van der Waals surface area (Å²) in [6.07, 6.45) is 3.32. The molecule has 1 aliphatic rings. The average Bonchev–Trinajstić information content (AvgIpc) is 3.48. The van der Waals surface area contributed by atoms with Gasteiger partial charge in [-0.05, 0) is 78.3 Å². The van der Waals surface area contributed by atoms with Crippen molar-refractivity contribution in [1.29, 1.82) is 0 Å². The lowest BCUT2D eigenvalue weighted by molar-refractivity contribution is -0.139. The van der Waals surface area contributed by atoms with Gasteiger partial charge in [0.25, 0.3) is 5.56 Å². The highest BCUT2D eigenvalue weighted by Gasteiger charge is 2.34. The lowest BCUT2D eigenvalue weighted by Gasteiger charge is -2.26. The number of methoxy groups -OCH3 is 3. The summed E-state index contributed by atoms with van der Waals surface area (Å²) in [6, 6.07) is 6.12. The molecule has 1 atom stereocenters. The maximum absolute atomic E-state index is 14.0. The first-order valence-corrected chi connectivity index (χ1v) is 15.4. The topological polar surface area (TPSA) is 127 Å². The lowest BCUT2D eigenvalue weighted by Crippen LogP contribution is -2.40. The summed E-state index contributed by atoms with van der Waals surface area (Å²) < 4.78 is 30.6. The Morgan fingerprint density at radius 2 is 1.88 bits per heavy atom. The number of hydrogen-bond donors (Lipinski definition) is 0. The Kier molecular flexibility index (Phi) is 9.08. The molecule has 0 unspecified atom stereocenters. The van der Waals surface area contributed by atoms with Crippen LogP contribution in [0.1, 0.15) is 36.9 Å². The van der Waals surface area contributed by atoms with Gasteiger partial charge in [0.15, 0.2) is 26.5 Å². The van der Waals surface area contributed by atoms with Gasteiger partial charge in [-0.25, -0.2) is 19.8 Å². The van der Waals surface area contributed by atoms with Crippen LogP contribution in [0.25, 0.3) is 6.08 Å². The van der Waals surface area contributed by atoms with Crippen molar-refractivity contribution in [3.05, 3.63) is 82.9 Å². The van der Waals surface area contributed by atoms with Crippen molar-refractivity contribution in [2.24, 2.45) is 4.99 Å². The third kappa shape index (κ3) is 5.99. The molecule has 0 bridgehead atoms. The Balaban J connectivity index is 1.66. The number of esters is 1. The van der Waals surface area contributed by atoms with Gasteiger partial charge in [0.05, 0.1) is 54.3 Å². The molecule has 0 radical (unpaired) electrons. The number of halogens is 1. The summed E-state index contributed by atoms with van der Waals surface area (Å²) in [6.45, 7) is 5.48. The number of benzene rings is 1. The maximum Gasteiger partial charge on any atom is 0.338 e. The Labute approximate surface area is 263 Å². The minimum absolute atomic E-state index is 0.156. The van der Waals surface area contributed by atoms with Crippen molar-refractivity contribution >= 4 is 51.1 Å². The van der Waals surface area contributed by atoms with Crippen LogP contribution in [0.5, 0.6) is 17.2 Å². The fourth-order valence-corrected chi connectivity index (χ4v) is 6.90. The normalized spacial score (nSPS) is 14.8. The minimum Gasteiger partial charge on any atom is -0.493 e. The molecular formula is C29H27BrN4O7S2. The van der Waals surface area contributed by atoms with Crippen LogP contribution in [0.3, 0.4) is 0 Å². The van der Waals surface area contributed by atoms with Crippen LogP contribution in [-0.2, 0) is 9.53 Å². The van der Waals surface area contributed by atoms with Crippen molar-refractivity contribution in [2.75, 3.05) is 27.9 Å². The summed E-state index contributed by atoms with van der Waals surface area (Å²) in [4.78, 5) is 41.0. The summed E-state index contributed by atoms with van der Waals surface area (Å²) in [5, 5.41) is 1.08. The van der Waals surface area contributed by atoms with E-state index < -0.39 is 12.0 Å². The zero-order valence-corrected chi connectivity index (χ0v) is 27.3. The Bertz CT molecular complexity index is 1900. The van der Waals surface area contributed by atoms with Crippen LogP contribution in [0.4, 0.5) is 0 Å². The first-order chi connectivity index (χ1) is 20.7. The second-order valence-electron chi connectivity index (χ2n) is 9.13. The summed E-state index contributed by atoms with van der Waals surface area (Å²) in [5.41, 5.74) is 1.69. The molecule has 0 aliphatic carbocycles. The predicted octanol–water partition coefficient (Wildman–Crippen LogP) is 4.43. The van der Waals surface area contributed by atoms with Gasteiger partial charge in [-0.1, -0.05) is 11.3 Å². The van der Waals surface area contributed by atoms with E-state index in [1.165, 1.54) is 49.0 Å². The lowest BCUT2D eigenvalue weighted by atomic mass is 9.95. The van der Waals surface area contributed by atoms with E-state index in [1.54, 1.807) is 44.3 Å². The number of hydrogen-bond acceptors (Lipinski definition) is 12. The van der Waals surface area contributed by atoms with Gasteiger partial charge in [0.2, 0.25) is 5.75 Å². The van der Waals surface area contributed by atoms with Gasteiger partial charge in [0, 0.05) is 18.0 Å². The van der Waals surface area contributed by atoms with Gasteiger partial charge in [-0.2, -0.15) is 0 Å². The second kappa shape index (κ2) is 12.8. The maximum atomic E-state index is 14.0. The molecule has 0 N–H and O–H groups in total. The monoisotopic (exact) mass is 686 g/mol. The molecule has 11 nitrogen and oxygen atoms in total. The van der Waals surface area contributed by atoms with E-state index in [-0.39, 0.29) is 17.7 Å². The second-order valence-corrected chi connectivity index (χ2v) is 11.9. The number of carbonyl (C=O) groups is 1. The van der Waals surface area contributed by atoms with Crippen molar-refractivity contribution in [1.82, 2.24) is 14.5 Å². The van der Waals surface area contributed by atoms with Gasteiger partial charge < -0.3 is 23.4 Å². The number of nitrogens with zero attached hydrogens (tertiary/aromatic N) is 4. The largest absolute Gasteiger partial charge is 0.493 e. The van der Waals surface area contributed by atoms with Crippen molar-refractivity contribution in [2.45, 2.75) is 37.1 Å². The van der Waals surface area contributed by atoms with Crippen LogP contribution in [0, 0.1) is 6.92 Å². The number of aryl methyl sites for hydroxylation is 1. The molecule has 0 spiro atoms. The van der Waals surface area contributed by atoms with Crippen LogP contribution < -0.4 is 29.1 Å². The summed E-state index contributed by atoms with van der Waals surface area (Å²) in [7, 11) is 4.50. The quantitative estimate of drug-likeness (QED) is 0.184. The molecule has 4 aromatic rings. The van der Waals surface area contributed by atoms with E-state index in [9.17, 15) is 9.59 Å². The first-order valence-electron chi connectivity index (χ1n) is 12.9. The molecule has 0 saturated heterocycles. The first kappa shape index (κ1) is 30.6. The average molecular weight is 688 g/mol. The molecule has 3 aromatic heterocycles. The van der Waals surface area contributed by atoms with Crippen molar-refractivity contribution in [3.8, 4) is 17.2 Å². The van der Waals surface area contributed by atoms with Crippen molar-refractivity contribution < 1.29 is 28.2 Å². The molecule has 0 saturated carbocycles. The molecule has 1 aliphatic heterocycles. The van der Waals surface area contributed by atoms with E-state index in [1.807, 2.05) is 13.0 Å². The van der Waals surface area contributed by atoms with Gasteiger partial charge in [-0.15, -0.1) is 0 Å². The Hall–Kier alpha value is -3.88. The molecule has 0 amide bonds. The van der Waals surface area contributed by atoms with Crippen LogP contribution in [0.2, 0.25) is 0 Å². The van der Waals surface area contributed by atoms with Crippen LogP contribution in [0.15, 0.2) is 70.7 Å². The molecule has 224 valence electrons. The number of ether oxygens (including phenoxy) is 4. The zero-order valence-electron chi connectivity index (χ0n) is 24.1. The number of allylic oxidation sites excluding steroid dienone is 1. The minimum atomic E-state index is -0.876.